The normalized spacial score (nSPS) is 22.0. The highest BCUT2D eigenvalue weighted by Gasteiger charge is 2.17. The van der Waals surface area contributed by atoms with Crippen LogP contribution in [-0.2, 0) is 4.74 Å². The monoisotopic (exact) mass is 285 g/mol. The van der Waals surface area contributed by atoms with Crippen molar-refractivity contribution in [1.29, 1.82) is 0 Å². The number of methoxy groups -OCH3 is 1. The zero-order chi connectivity index (χ0) is 15.2. The van der Waals surface area contributed by atoms with E-state index in [0.717, 1.165) is 12.1 Å². The van der Waals surface area contributed by atoms with Gasteiger partial charge in [0.05, 0.1) is 18.4 Å². The summed E-state index contributed by atoms with van der Waals surface area (Å²) in [6.07, 6.45) is 8.83. The number of para-hydroxylation sites is 1. The van der Waals surface area contributed by atoms with Gasteiger partial charge in [0.2, 0.25) is 0 Å². The van der Waals surface area contributed by atoms with Gasteiger partial charge in [-0.1, -0.05) is 36.8 Å². The maximum Gasteiger partial charge on any atom is 0.339 e. The minimum atomic E-state index is -0.323. The first-order valence-electron chi connectivity index (χ1n) is 7.39. The van der Waals surface area contributed by atoms with E-state index in [1.54, 1.807) is 6.07 Å². The number of rotatable bonds is 4. The minimum absolute atomic E-state index is 0.323. The maximum absolute atomic E-state index is 11.7. The summed E-state index contributed by atoms with van der Waals surface area (Å²) in [6, 6.07) is 7.37. The molecule has 0 amide bonds. The lowest BCUT2D eigenvalue weighted by Crippen LogP contribution is -2.12. The molecule has 112 valence electrons. The van der Waals surface area contributed by atoms with E-state index in [0.29, 0.717) is 17.4 Å². The van der Waals surface area contributed by atoms with E-state index in [1.807, 2.05) is 24.4 Å². The summed E-state index contributed by atoms with van der Waals surface area (Å²) in [5, 5.41) is 3.21. The molecule has 0 fully saturated rings. The molecule has 3 heteroatoms. The zero-order valence-electron chi connectivity index (χ0n) is 12.9. The van der Waals surface area contributed by atoms with E-state index in [9.17, 15) is 4.79 Å². The lowest BCUT2D eigenvalue weighted by Gasteiger charge is -2.24. The van der Waals surface area contributed by atoms with Crippen molar-refractivity contribution in [2.45, 2.75) is 26.7 Å². The lowest BCUT2D eigenvalue weighted by atomic mass is 9.82. The molecule has 1 N–H and O–H groups in total. The predicted octanol–water partition coefficient (Wildman–Crippen LogP) is 4.39. The number of allylic oxidation sites excluding steroid dienone is 3. The Hall–Kier alpha value is -2.03. The van der Waals surface area contributed by atoms with Crippen molar-refractivity contribution in [1.82, 2.24) is 0 Å². The number of anilines is 1. The van der Waals surface area contributed by atoms with Gasteiger partial charge in [-0.25, -0.2) is 4.79 Å². The molecule has 0 heterocycles. The van der Waals surface area contributed by atoms with Crippen LogP contribution in [0.5, 0.6) is 0 Å². The summed E-state index contributed by atoms with van der Waals surface area (Å²) >= 11 is 0. The lowest BCUT2D eigenvalue weighted by molar-refractivity contribution is 0.0602. The van der Waals surface area contributed by atoms with Crippen LogP contribution in [0.3, 0.4) is 0 Å². The molecule has 21 heavy (non-hydrogen) atoms. The number of ether oxygens (including phenoxy) is 1. The number of nitrogens with one attached hydrogen (secondary N) is 1. The van der Waals surface area contributed by atoms with Crippen LogP contribution >= 0.6 is 0 Å². The van der Waals surface area contributed by atoms with Gasteiger partial charge >= 0.3 is 5.97 Å². The second kappa shape index (κ2) is 7.11. The zero-order valence-corrected chi connectivity index (χ0v) is 12.9. The quantitative estimate of drug-likeness (QED) is 0.658. The van der Waals surface area contributed by atoms with Crippen LogP contribution in [0, 0.1) is 11.8 Å². The Labute approximate surface area is 126 Å². The van der Waals surface area contributed by atoms with Crippen LogP contribution in [0.4, 0.5) is 5.69 Å². The summed E-state index contributed by atoms with van der Waals surface area (Å²) in [4.78, 5) is 11.7. The number of hydrogen-bond donors (Lipinski definition) is 1. The summed E-state index contributed by atoms with van der Waals surface area (Å²) < 4.78 is 4.79. The van der Waals surface area contributed by atoms with Gasteiger partial charge in [0.15, 0.2) is 0 Å². The van der Waals surface area contributed by atoms with Gasteiger partial charge < -0.3 is 10.1 Å². The van der Waals surface area contributed by atoms with Gasteiger partial charge in [0.1, 0.15) is 0 Å². The Kier molecular flexibility index (Phi) is 5.20. The van der Waals surface area contributed by atoms with Crippen molar-refractivity contribution < 1.29 is 9.53 Å². The largest absolute Gasteiger partial charge is 0.465 e. The van der Waals surface area contributed by atoms with Crippen molar-refractivity contribution in [2.24, 2.45) is 11.8 Å². The summed E-state index contributed by atoms with van der Waals surface area (Å²) in [5.41, 5.74) is 2.81. The third kappa shape index (κ3) is 3.97. The molecule has 0 bridgehead atoms. The van der Waals surface area contributed by atoms with Crippen molar-refractivity contribution >= 4 is 11.7 Å². The average Bonchev–Trinajstić information content (AvgIpc) is 2.49. The van der Waals surface area contributed by atoms with E-state index in [2.05, 4.69) is 31.3 Å². The highest BCUT2D eigenvalue weighted by Crippen LogP contribution is 2.29. The van der Waals surface area contributed by atoms with Crippen molar-refractivity contribution in [2.75, 3.05) is 12.4 Å². The first kappa shape index (κ1) is 15.4. The smallest absolute Gasteiger partial charge is 0.339 e. The van der Waals surface area contributed by atoms with Crippen LogP contribution in [0.1, 0.15) is 37.0 Å². The fourth-order valence-corrected chi connectivity index (χ4v) is 2.74. The van der Waals surface area contributed by atoms with E-state index in [-0.39, 0.29) is 5.97 Å². The molecule has 0 saturated carbocycles. The topological polar surface area (TPSA) is 38.3 Å². The Bertz CT molecular complexity index is 560. The van der Waals surface area contributed by atoms with E-state index in [1.165, 1.54) is 19.1 Å². The molecular weight excluding hydrogens is 262 g/mol. The van der Waals surface area contributed by atoms with E-state index in [4.69, 9.17) is 4.74 Å². The van der Waals surface area contributed by atoms with Gasteiger partial charge in [-0.05, 0) is 49.9 Å². The molecule has 2 unspecified atom stereocenters. The third-order valence-corrected chi connectivity index (χ3v) is 4.01. The van der Waals surface area contributed by atoms with Gasteiger partial charge in [0, 0.05) is 0 Å². The van der Waals surface area contributed by atoms with Crippen LogP contribution in [0.25, 0.3) is 0 Å². The predicted molar refractivity (Wildman–Crippen MR) is 86.2 cm³/mol. The van der Waals surface area contributed by atoms with Crippen molar-refractivity contribution in [3.05, 3.63) is 53.8 Å². The number of hydrogen-bond acceptors (Lipinski definition) is 3. The van der Waals surface area contributed by atoms with Crippen LogP contribution < -0.4 is 5.32 Å². The minimum Gasteiger partial charge on any atom is -0.465 e. The highest BCUT2D eigenvalue weighted by molar-refractivity contribution is 5.95. The van der Waals surface area contributed by atoms with Crippen molar-refractivity contribution in [3.8, 4) is 0 Å². The fourth-order valence-electron chi connectivity index (χ4n) is 2.74. The molecule has 0 saturated heterocycles. The number of carbonyl (C=O) groups excluding carboxylic acids is 1. The highest BCUT2D eigenvalue weighted by atomic mass is 16.5. The van der Waals surface area contributed by atoms with Crippen molar-refractivity contribution in [3.63, 3.8) is 0 Å². The second-order valence-corrected chi connectivity index (χ2v) is 5.62. The average molecular weight is 285 g/mol. The summed E-state index contributed by atoms with van der Waals surface area (Å²) in [5.74, 6) is 0.787. The van der Waals surface area contributed by atoms with Crippen LogP contribution in [0.2, 0.25) is 0 Å². The third-order valence-electron chi connectivity index (χ3n) is 4.01. The number of benzene rings is 1. The molecule has 1 aliphatic rings. The molecule has 1 aliphatic carbocycles. The van der Waals surface area contributed by atoms with E-state index >= 15 is 0 Å². The van der Waals surface area contributed by atoms with E-state index < -0.39 is 0 Å². The molecule has 1 aromatic carbocycles. The van der Waals surface area contributed by atoms with Gasteiger partial charge in [0.25, 0.3) is 0 Å². The fraction of sp³-hybridized carbons (Fsp3) is 0.389. The Morgan fingerprint density at radius 3 is 2.86 bits per heavy atom. The Morgan fingerprint density at radius 2 is 2.14 bits per heavy atom. The van der Waals surface area contributed by atoms with Gasteiger partial charge in [-0.3, -0.25) is 0 Å². The summed E-state index contributed by atoms with van der Waals surface area (Å²) in [7, 11) is 1.40. The maximum atomic E-state index is 11.7. The molecule has 2 atom stereocenters. The SMILES string of the molecule is COC(=O)c1ccccc1NC=CC1CCC(C)=CC1C. The Morgan fingerprint density at radius 1 is 1.38 bits per heavy atom. The van der Waals surface area contributed by atoms with Crippen LogP contribution in [0.15, 0.2) is 48.2 Å². The first-order valence-corrected chi connectivity index (χ1v) is 7.39. The van der Waals surface area contributed by atoms with Crippen LogP contribution in [-0.4, -0.2) is 13.1 Å². The van der Waals surface area contributed by atoms with Gasteiger partial charge in [-0.2, -0.15) is 0 Å². The summed E-state index contributed by atoms with van der Waals surface area (Å²) in [6.45, 7) is 4.45. The molecule has 0 aromatic heterocycles. The molecule has 0 spiro atoms. The number of carbonyl (C=O) groups is 1. The Balaban J connectivity index is 2.03. The molecule has 1 aromatic rings. The number of esters is 1. The molecule has 3 nitrogen and oxygen atoms in total. The molecule has 0 aliphatic heterocycles. The van der Waals surface area contributed by atoms with Gasteiger partial charge in [-0.15, -0.1) is 0 Å². The second-order valence-electron chi connectivity index (χ2n) is 5.62. The molecule has 0 radical (unpaired) electrons. The molecular formula is C18H23NO2. The standard InChI is InChI=1S/C18H23NO2/c1-13-8-9-15(14(2)12-13)10-11-19-17-7-5-4-6-16(17)18(20)21-3/h4-7,10-12,14-15,19H,8-9H2,1-3H3. The first-order chi connectivity index (χ1) is 10.1. The molecule has 2 rings (SSSR count).